The number of Topliss-reactive ketones (excluding diaryl/α,β-unsaturated/α-hetero) is 1. The Morgan fingerprint density at radius 3 is 2.73 bits per heavy atom. The Morgan fingerprint density at radius 2 is 2.03 bits per heavy atom. The molecule has 1 N–H and O–H groups in total. The summed E-state index contributed by atoms with van der Waals surface area (Å²) in [4.78, 5) is 21.9. The Morgan fingerprint density at radius 1 is 1.23 bits per heavy atom. The van der Waals surface area contributed by atoms with Crippen LogP contribution in [0.25, 0.3) is 11.6 Å². The molecule has 8 nitrogen and oxygen atoms in total. The highest BCUT2D eigenvalue weighted by atomic mass is 32.2. The van der Waals surface area contributed by atoms with Gasteiger partial charge in [0.2, 0.25) is 11.1 Å². The van der Waals surface area contributed by atoms with E-state index in [1.54, 1.807) is 0 Å². The first-order valence-corrected chi connectivity index (χ1v) is 10.8. The quantitative estimate of drug-likeness (QED) is 0.363. The topological polar surface area (TPSA) is 94.3 Å². The average molecular weight is 420 g/mol. The standard InChI is InChI=1S/C21H21N7OS/c1-13-10-17(14(2)27(13)20-22-12-23-25-20)18(29)11-30-21-24-19(15-8-9-15)28(26-21)16-6-4-3-5-7-16/h3-7,10,12,15H,8-9,11H2,1-2H3,(H,22,23,25). The number of carbonyl (C=O) groups excluding carboxylic acids is 1. The van der Waals surface area contributed by atoms with Gasteiger partial charge in [0.05, 0.1) is 11.4 Å². The fraction of sp³-hybridized carbons (Fsp3) is 0.286. The van der Waals surface area contributed by atoms with Crippen LogP contribution in [0.5, 0.6) is 0 Å². The Hall–Kier alpha value is -3.20. The Labute approximate surface area is 177 Å². The monoisotopic (exact) mass is 419 g/mol. The molecule has 0 amide bonds. The molecule has 152 valence electrons. The molecule has 0 bridgehead atoms. The lowest BCUT2D eigenvalue weighted by molar-refractivity contribution is 0.102. The third kappa shape index (κ3) is 3.45. The number of thioether (sulfide) groups is 1. The molecular weight excluding hydrogens is 398 g/mol. The van der Waals surface area contributed by atoms with Gasteiger partial charge in [0.15, 0.2) is 5.78 Å². The first-order chi connectivity index (χ1) is 14.6. The van der Waals surface area contributed by atoms with E-state index >= 15 is 0 Å². The van der Waals surface area contributed by atoms with Crippen molar-refractivity contribution in [1.29, 1.82) is 0 Å². The number of rotatable bonds is 7. The normalized spacial score (nSPS) is 13.7. The highest BCUT2D eigenvalue weighted by molar-refractivity contribution is 7.99. The molecule has 0 atom stereocenters. The van der Waals surface area contributed by atoms with Crippen molar-refractivity contribution in [2.45, 2.75) is 37.8 Å². The fourth-order valence-corrected chi connectivity index (χ4v) is 4.33. The van der Waals surface area contributed by atoms with E-state index in [0.717, 1.165) is 35.7 Å². The largest absolute Gasteiger partial charge is 0.293 e. The number of ketones is 1. The van der Waals surface area contributed by atoms with E-state index in [9.17, 15) is 4.79 Å². The van der Waals surface area contributed by atoms with Gasteiger partial charge in [-0.3, -0.25) is 9.36 Å². The molecule has 4 aromatic rings. The molecule has 0 aliphatic heterocycles. The summed E-state index contributed by atoms with van der Waals surface area (Å²) in [5.41, 5.74) is 3.46. The zero-order valence-corrected chi connectivity index (χ0v) is 17.6. The van der Waals surface area contributed by atoms with E-state index in [1.165, 1.54) is 18.1 Å². The number of aryl methyl sites for hydroxylation is 1. The van der Waals surface area contributed by atoms with Crippen LogP contribution in [0.2, 0.25) is 0 Å². The summed E-state index contributed by atoms with van der Waals surface area (Å²) in [6, 6.07) is 11.9. The molecule has 5 rings (SSSR count). The molecule has 0 saturated heterocycles. The minimum Gasteiger partial charge on any atom is -0.293 e. The zero-order valence-electron chi connectivity index (χ0n) is 16.7. The van der Waals surface area contributed by atoms with Crippen LogP contribution in [0.3, 0.4) is 0 Å². The van der Waals surface area contributed by atoms with E-state index in [0.29, 0.717) is 22.6 Å². The van der Waals surface area contributed by atoms with Gasteiger partial charge in [0.25, 0.3) is 0 Å². The Bertz CT molecular complexity index is 1190. The summed E-state index contributed by atoms with van der Waals surface area (Å²) in [5.74, 6) is 2.38. The van der Waals surface area contributed by atoms with Crippen molar-refractivity contribution in [1.82, 2.24) is 34.5 Å². The number of hydrogen-bond donors (Lipinski definition) is 1. The van der Waals surface area contributed by atoms with Crippen molar-refractivity contribution >= 4 is 17.5 Å². The summed E-state index contributed by atoms with van der Waals surface area (Å²) in [6.45, 7) is 3.87. The molecule has 3 aromatic heterocycles. The molecule has 3 heterocycles. The molecular formula is C21H21N7OS. The van der Waals surface area contributed by atoms with Crippen molar-refractivity contribution in [2.24, 2.45) is 0 Å². The van der Waals surface area contributed by atoms with Gasteiger partial charge in [-0.25, -0.2) is 14.8 Å². The van der Waals surface area contributed by atoms with E-state index in [1.807, 2.05) is 59.5 Å². The lowest BCUT2D eigenvalue weighted by atomic mass is 10.2. The zero-order chi connectivity index (χ0) is 20.7. The third-order valence-electron chi connectivity index (χ3n) is 5.23. The number of aromatic amines is 1. The van der Waals surface area contributed by atoms with Gasteiger partial charge < -0.3 is 0 Å². The first-order valence-electron chi connectivity index (χ1n) is 9.85. The highest BCUT2D eigenvalue weighted by Gasteiger charge is 2.30. The Kier molecular flexibility index (Phi) is 4.74. The summed E-state index contributed by atoms with van der Waals surface area (Å²) >= 11 is 1.38. The first kappa shape index (κ1) is 18.8. The maximum atomic E-state index is 12.9. The molecule has 1 aliphatic carbocycles. The van der Waals surface area contributed by atoms with Gasteiger partial charge in [0.1, 0.15) is 12.2 Å². The number of nitrogens with one attached hydrogen (secondary N) is 1. The second-order valence-electron chi connectivity index (χ2n) is 7.42. The minimum absolute atomic E-state index is 0.0444. The lowest BCUT2D eigenvalue weighted by Crippen LogP contribution is -2.06. The van der Waals surface area contributed by atoms with E-state index < -0.39 is 0 Å². The molecule has 9 heteroatoms. The van der Waals surface area contributed by atoms with Crippen molar-refractivity contribution in [3.05, 3.63) is 65.5 Å². The third-order valence-corrected chi connectivity index (χ3v) is 6.07. The molecule has 30 heavy (non-hydrogen) atoms. The van der Waals surface area contributed by atoms with Gasteiger partial charge in [-0.05, 0) is 44.9 Å². The number of aromatic nitrogens is 7. The maximum absolute atomic E-state index is 12.9. The fourth-order valence-electron chi connectivity index (χ4n) is 3.62. The number of hydrogen-bond acceptors (Lipinski definition) is 6. The summed E-state index contributed by atoms with van der Waals surface area (Å²) in [5, 5.41) is 12.1. The highest BCUT2D eigenvalue weighted by Crippen LogP contribution is 2.40. The molecule has 1 fully saturated rings. The van der Waals surface area contributed by atoms with Crippen LogP contribution >= 0.6 is 11.8 Å². The van der Waals surface area contributed by atoms with Crippen molar-refractivity contribution in [2.75, 3.05) is 5.75 Å². The molecule has 1 aromatic carbocycles. The second kappa shape index (κ2) is 7.56. The lowest BCUT2D eigenvalue weighted by Gasteiger charge is -2.05. The molecule has 0 unspecified atom stereocenters. The minimum atomic E-state index is 0.0444. The van der Waals surface area contributed by atoms with Crippen LogP contribution in [-0.2, 0) is 0 Å². The number of benzene rings is 1. The van der Waals surface area contributed by atoms with Gasteiger partial charge >= 0.3 is 0 Å². The maximum Gasteiger partial charge on any atom is 0.229 e. The van der Waals surface area contributed by atoms with Crippen LogP contribution in [0.15, 0.2) is 47.9 Å². The van der Waals surface area contributed by atoms with Gasteiger partial charge in [-0.2, -0.15) is 10.1 Å². The number of H-pyrrole nitrogens is 1. The van der Waals surface area contributed by atoms with Crippen molar-refractivity contribution < 1.29 is 4.79 Å². The molecule has 1 aliphatic rings. The molecule has 0 spiro atoms. The van der Waals surface area contributed by atoms with E-state index in [-0.39, 0.29) is 11.5 Å². The molecule has 0 radical (unpaired) electrons. The van der Waals surface area contributed by atoms with Crippen molar-refractivity contribution in [3.63, 3.8) is 0 Å². The van der Waals surface area contributed by atoms with Gasteiger partial charge in [-0.15, -0.1) is 5.10 Å². The van der Waals surface area contributed by atoms with Gasteiger partial charge in [0, 0.05) is 22.9 Å². The SMILES string of the molecule is Cc1cc(C(=O)CSc2nc(C3CC3)n(-c3ccccc3)n2)c(C)n1-c1ncn[nH]1. The average Bonchev–Trinajstić information content (AvgIpc) is 3.16. The summed E-state index contributed by atoms with van der Waals surface area (Å²) < 4.78 is 3.82. The van der Waals surface area contributed by atoms with Crippen LogP contribution in [0.1, 0.15) is 46.3 Å². The second-order valence-corrected chi connectivity index (χ2v) is 8.36. The van der Waals surface area contributed by atoms with E-state index in [4.69, 9.17) is 4.98 Å². The molecule has 1 saturated carbocycles. The van der Waals surface area contributed by atoms with Crippen LogP contribution in [0.4, 0.5) is 0 Å². The van der Waals surface area contributed by atoms with Crippen LogP contribution in [0, 0.1) is 13.8 Å². The van der Waals surface area contributed by atoms with Crippen molar-refractivity contribution in [3.8, 4) is 11.6 Å². The predicted octanol–water partition coefficient (Wildman–Crippen LogP) is 3.65. The Balaban J connectivity index is 1.36. The van der Waals surface area contributed by atoms with Crippen LogP contribution < -0.4 is 0 Å². The number of para-hydroxylation sites is 1. The summed E-state index contributed by atoms with van der Waals surface area (Å²) in [6.07, 6.45) is 3.74. The van der Waals surface area contributed by atoms with Crippen LogP contribution in [-0.4, -0.2) is 46.0 Å². The predicted molar refractivity (Wildman–Crippen MR) is 114 cm³/mol. The summed E-state index contributed by atoms with van der Waals surface area (Å²) in [7, 11) is 0. The number of nitrogens with zero attached hydrogens (tertiary/aromatic N) is 6. The van der Waals surface area contributed by atoms with Gasteiger partial charge in [-0.1, -0.05) is 30.0 Å². The number of carbonyl (C=O) groups is 1. The van der Waals surface area contributed by atoms with E-state index in [2.05, 4.69) is 20.3 Å². The smallest absolute Gasteiger partial charge is 0.229 e.